The lowest BCUT2D eigenvalue weighted by Crippen LogP contribution is -2.51. The fraction of sp³-hybridized carbons (Fsp3) is 0.900. The minimum absolute atomic E-state index is 0.0228. The summed E-state index contributed by atoms with van der Waals surface area (Å²) in [5.74, 6) is 0. The standard InChI is InChI=1S/C10H23N3O/c1-9(2,3)12-7-11-8(14)13-10(4,5)6/h12H,7H2,1-6H3,(H2,11,13,14). The first-order valence-corrected chi connectivity index (χ1v) is 4.91. The van der Waals surface area contributed by atoms with Gasteiger partial charge in [-0.25, -0.2) is 4.79 Å². The number of hydrogen-bond donors (Lipinski definition) is 3. The van der Waals surface area contributed by atoms with Crippen molar-refractivity contribution in [3.8, 4) is 0 Å². The molecular weight excluding hydrogens is 178 g/mol. The van der Waals surface area contributed by atoms with E-state index in [9.17, 15) is 4.79 Å². The van der Waals surface area contributed by atoms with Gasteiger partial charge in [0.15, 0.2) is 0 Å². The Bertz CT molecular complexity index is 189. The van der Waals surface area contributed by atoms with E-state index in [2.05, 4.69) is 36.7 Å². The first kappa shape index (κ1) is 13.2. The molecule has 0 aliphatic rings. The minimum Gasteiger partial charge on any atom is -0.334 e. The molecule has 0 radical (unpaired) electrons. The lowest BCUT2D eigenvalue weighted by Gasteiger charge is -2.23. The summed E-state index contributed by atoms with van der Waals surface area (Å²) in [5.41, 5.74) is -0.166. The Morgan fingerprint density at radius 3 is 1.86 bits per heavy atom. The molecule has 0 rings (SSSR count). The van der Waals surface area contributed by atoms with Crippen LogP contribution in [0.4, 0.5) is 4.79 Å². The normalized spacial score (nSPS) is 12.4. The second kappa shape index (κ2) is 4.64. The van der Waals surface area contributed by atoms with Crippen LogP contribution in [0.1, 0.15) is 41.5 Å². The van der Waals surface area contributed by atoms with Crippen LogP contribution in [-0.4, -0.2) is 23.8 Å². The zero-order chi connectivity index (χ0) is 11.4. The Balaban J connectivity index is 3.66. The summed E-state index contributed by atoms with van der Waals surface area (Å²) in [6.07, 6.45) is 0. The van der Waals surface area contributed by atoms with Crippen LogP contribution in [0.15, 0.2) is 0 Å². The number of urea groups is 1. The molecule has 4 nitrogen and oxygen atoms in total. The van der Waals surface area contributed by atoms with Crippen molar-refractivity contribution in [2.24, 2.45) is 0 Å². The van der Waals surface area contributed by atoms with Gasteiger partial charge >= 0.3 is 6.03 Å². The van der Waals surface area contributed by atoms with Crippen LogP contribution in [0, 0.1) is 0 Å². The van der Waals surface area contributed by atoms with E-state index >= 15 is 0 Å². The Kier molecular flexibility index (Phi) is 4.39. The summed E-state index contributed by atoms with van der Waals surface area (Å²) in [5, 5.41) is 8.72. The number of hydrogen-bond acceptors (Lipinski definition) is 2. The zero-order valence-corrected chi connectivity index (χ0v) is 10.1. The molecule has 0 aromatic carbocycles. The van der Waals surface area contributed by atoms with Crippen molar-refractivity contribution >= 4 is 6.03 Å². The highest BCUT2D eigenvalue weighted by Crippen LogP contribution is 1.98. The van der Waals surface area contributed by atoms with Crippen LogP contribution in [0.2, 0.25) is 0 Å². The fourth-order valence-electron chi connectivity index (χ4n) is 0.774. The first-order chi connectivity index (χ1) is 6.10. The van der Waals surface area contributed by atoms with Gasteiger partial charge < -0.3 is 10.6 Å². The molecule has 0 heterocycles. The zero-order valence-electron chi connectivity index (χ0n) is 10.1. The molecule has 0 saturated heterocycles. The largest absolute Gasteiger partial charge is 0.334 e. The molecule has 0 aliphatic heterocycles. The molecule has 0 aromatic rings. The van der Waals surface area contributed by atoms with Crippen LogP contribution >= 0.6 is 0 Å². The Morgan fingerprint density at radius 2 is 1.50 bits per heavy atom. The van der Waals surface area contributed by atoms with Crippen molar-refractivity contribution in [3.63, 3.8) is 0 Å². The summed E-state index contributed by atoms with van der Waals surface area (Å²) >= 11 is 0. The van der Waals surface area contributed by atoms with Gasteiger partial charge in [-0.2, -0.15) is 0 Å². The lowest BCUT2D eigenvalue weighted by molar-refractivity contribution is 0.229. The quantitative estimate of drug-likeness (QED) is 0.592. The Labute approximate surface area is 86.8 Å². The summed E-state index contributed by atoms with van der Waals surface area (Å²) in [6, 6.07) is -0.144. The molecule has 0 unspecified atom stereocenters. The molecule has 0 spiro atoms. The molecular formula is C10H23N3O. The molecule has 3 N–H and O–H groups in total. The topological polar surface area (TPSA) is 53.2 Å². The van der Waals surface area contributed by atoms with Crippen LogP contribution < -0.4 is 16.0 Å². The van der Waals surface area contributed by atoms with Crippen molar-refractivity contribution in [2.75, 3.05) is 6.67 Å². The van der Waals surface area contributed by atoms with Crippen LogP contribution in [0.3, 0.4) is 0 Å². The maximum absolute atomic E-state index is 11.3. The average Bonchev–Trinajstić information content (AvgIpc) is 1.78. The second-order valence-corrected chi connectivity index (χ2v) is 5.48. The Hall–Kier alpha value is -0.770. The highest BCUT2D eigenvalue weighted by molar-refractivity contribution is 5.74. The van der Waals surface area contributed by atoms with Gasteiger partial charge in [0.2, 0.25) is 0 Å². The van der Waals surface area contributed by atoms with Crippen LogP contribution in [0.25, 0.3) is 0 Å². The van der Waals surface area contributed by atoms with Crippen molar-refractivity contribution in [1.82, 2.24) is 16.0 Å². The van der Waals surface area contributed by atoms with E-state index in [1.54, 1.807) is 0 Å². The molecule has 0 bridgehead atoms. The molecule has 0 atom stereocenters. The van der Waals surface area contributed by atoms with Crippen molar-refractivity contribution < 1.29 is 4.79 Å². The molecule has 0 saturated carbocycles. The van der Waals surface area contributed by atoms with Gasteiger partial charge in [-0.15, -0.1) is 0 Å². The van der Waals surface area contributed by atoms with Gasteiger partial charge in [0.25, 0.3) is 0 Å². The van der Waals surface area contributed by atoms with Gasteiger partial charge in [0.1, 0.15) is 0 Å². The van der Waals surface area contributed by atoms with E-state index < -0.39 is 0 Å². The maximum atomic E-state index is 11.3. The summed E-state index contributed by atoms with van der Waals surface area (Å²) in [6.45, 7) is 12.5. The van der Waals surface area contributed by atoms with Gasteiger partial charge in [0.05, 0.1) is 6.67 Å². The maximum Gasteiger partial charge on any atom is 0.316 e. The summed E-state index contributed by atoms with van der Waals surface area (Å²) in [4.78, 5) is 11.3. The second-order valence-electron chi connectivity index (χ2n) is 5.48. The van der Waals surface area contributed by atoms with E-state index in [0.717, 1.165) is 0 Å². The molecule has 84 valence electrons. The van der Waals surface area contributed by atoms with E-state index in [4.69, 9.17) is 0 Å². The first-order valence-electron chi connectivity index (χ1n) is 4.91. The summed E-state index contributed by atoms with van der Waals surface area (Å²) in [7, 11) is 0. The third-order valence-electron chi connectivity index (χ3n) is 1.36. The predicted molar refractivity (Wildman–Crippen MR) is 59.2 cm³/mol. The number of rotatable bonds is 2. The van der Waals surface area contributed by atoms with E-state index in [1.807, 2.05) is 20.8 Å². The van der Waals surface area contributed by atoms with Crippen molar-refractivity contribution in [3.05, 3.63) is 0 Å². The number of carbonyl (C=O) groups is 1. The molecule has 14 heavy (non-hydrogen) atoms. The van der Waals surface area contributed by atoms with Gasteiger partial charge in [0, 0.05) is 11.1 Å². The summed E-state index contributed by atoms with van der Waals surface area (Å²) < 4.78 is 0. The number of carbonyl (C=O) groups excluding carboxylic acids is 1. The van der Waals surface area contributed by atoms with E-state index in [1.165, 1.54) is 0 Å². The SMILES string of the molecule is CC(C)(C)NCNC(=O)NC(C)(C)C. The number of nitrogens with one attached hydrogen (secondary N) is 3. The molecule has 2 amide bonds. The monoisotopic (exact) mass is 201 g/mol. The van der Waals surface area contributed by atoms with Gasteiger partial charge in [-0.3, -0.25) is 5.32 Å². The molecule has 0 aliphatic carbocycles. The average molecular weight is 201 g/mol. The smallest absolute Gasteiger partial charge is 0.316 e. The predicted octanol–water partition coefficient (Wildman–Crippen LogP) is 1.43. The van der Waals surface area contributed by atoms with Gasteiger partial charge in [-0.05, 0) is 41.5 Å². The molecule has 4 heteroatoms. The lowest BCUT2D eigenvalue weighted by atomic mass is 10.1. The van der Waals surface area contributed by atoms with Crippen LogP contribution in [-0.2, 0) is 0 Å². The molecule has 0 aromatic heterocycles. The highest BCUT2D eigenvalue weighted by atomic mass is 16.2. The Morgan fingerprint density at radius 1 is 1.00 bits per heavy atom. The molecule has 0 fully saturated rings. The fourth-order valence-corrected chi connectivity index (χ4v) is 0.774. The highest BCUT2D eigenvalue weighted by Gasteiger charge is 2.13. The van der Waals surface area contributed by atoms with Crippen molar-refractivity contribution in [1.29, 1.82) is 0 Å². The van der Waals surface area contributed by atoms with Gasteiger partial charge in [-0.1, -0.05) is 0 Å². The van der Waals surface area contributed by atoms with E-state index in [0.29, 0.717) is 6.67 Å². The minimum atomic E-state index is -0.189. The van der Waals surface area contributed by atoms with Crippen molar-refractivity contribution in [2.45, 2.75) is 52.6 Å². The number of amides is 2. The third kappa shape index (κ3) is 9.32. The van der Waals surface area contributed by atoms with E-state index in [-0.39, 0.29) is 17.1 Å². The van der Waals surface area contributed by atoms with Crippen LogP contribution in [0.5, 0.6) is 0 Å². The third-order valence-corrected chi connectivity index (χ3v) is 1.36.